The minimum absolute atomic E-state index is 0.305. The van der Waals surface area contributed by atoms with Gasteiger partial charge in [-0.3, -0.25) is 0 Å². The molecule has 1 N–H and O–H groups in total. The molecule has 0 saturated carbocycles. The van der Waals surface area contributed by atoms with E-state index in [0.29, 0.717) is 16.1 Å². The maximum absolute atomic E-state index is 6.05. The zero-order valence-electron chi connectivity index (χ0n) is 11.5. The highest BCUT2D eigenvalue weighted by atomic mass is 35.5. The molecular weight excluding hydrogens is 279 g/mol. The number of likely N-dealkylation sites (tertiary alicyclic amines) is 1. The van der Waals surface area contributed by atoms with E-state index in [-0.39, 0.29) is 0 Å². The van der Waals surface area contributed by atoms with Crippen molar-refractivity contribution in [3.8, 4) is 0 Å². The number of halogens is 2. The van der Waals surface area contributed by atoms with Crippen molar-refractivity contribution in [2.24, 2.45) is 0 Å². The highest BCUT2D eigenvalue weighted by molar-refractivity contribution is 6.42. The van der Waals surface area contributed by atoms with Gasteiger partial charge in [0.2, 0.25) is 0 Å². The third-order valence-corrected chi connectivity index (χ3v) is 4.51. The van der Waals surface area contributed by atoms with Crippen molar-refractivity contribution < 1.29 is 0 Å². The Hall–Kier alpha value is -0.280. The predicted octanol–water partition coefficient (Wildman–Crippen LogP) is 4.13. The Balaban J connectivity index is 1.76. The Morgan fingerprint density at radius 3 is 2.58 bits per heavy atom. The lowest BCUT2D eigenvalue weighted by Crippen LogP contribution is -2.36. The molecule has 106 valence electrons. The molecule has 0 radical (unpaired) electrons. The van der Waals surface area contributed by atoms with Gasteiger partial charge in [-0.05, 0) is 50.6 Å². The molecule has 1 aromatic carbocycles. The number of benzene rings is 1. The monoisotopic (exact) mass is 300 g/mol. The molecule has 0 spiro atoms. The molecule has 1 saturated heterocycles. The van der Waals surface area contributed by atoms with Crippen LogP contribution < -0.4 is 5.32 Å². The second-order valence-corrected chi connectivity index (χ2v) is 6.07. The summed E-state index contributed by atoms with van der Waals surface area (Å²) in [5.41, 5.74) is 1.19. The van der Waals surface area contributed by atoms with E-state index in [1.807, 2.05) is 18.2 Å². The van der Waals surface area contributed by atoms with Crippen LogP contribution in [-0.4, -0.2) is 31.1 Å². The molecule has 1 aliphatic rings. The molecule has 1 aromatic rings. The van der Waals surface area contributed by atoms with E-state index >= 15 is 0 Å². The van der Waals surface area contributed by atoms with Crippen LogP contribution in [-0.2, 0) is 0 Å². The van der Waals surface area contributed by atoms with Gasteiger partial charge in [0, 0.05) is 19.1 Å². The van der Waals surface area contributed by atoms with Gasteiger partial charge in [-0.1, -0.05) is 35.7 Å². The second-order valence-electron chi connectivity index (χ2n) is 5.25. The molecular formula is C15H22Cl2N2. The topological polar surface area (TPSA) is 15.3 Å². The molecule has 1 heterocycles. The molecule has 2 nitrogen and oxygen atoms in total. The van der Waals surface area contributed by atoms with Crippen LogP contribution in [0.15, 0.2) is 18.2 Å². The summed E-state index contributed by atoms with van der Waals surface area (Å²) in [7, 11) is 0. The largest absolute Gasteiger partial charge is 0.309 e. The van der Waals surface area contributed by atoms with Crippen LogP contribution in [0.2, 0.25) is 10.0 Å². The first kappa shape index (κ1) is 15.1. The van der Waals surface area contributed by atoms with Crippen LogP contribution >= 0.6 is 23.2 Å². The van der Waals surface area contributed by atoms with E-state index in [1.54, 1.807) is 0 Å². The smallest absolute Gasteiger partial charge is 0.0595 e. The van der Waals surface area contributed by atoms with Crippen LogP contribution in [0.1, 0.15) is 37.8 Å². The number of rotatable bonds is 5. The first-order chi connectivity index (χ1) is 9.16. The average Bonchev–Trinajstić information content (AvgIpc) is 2.43. The number of hydrogen-bond donors (Lipinski definition) is 1. The number of nitrogens with zero attached hydrogens (tertiary/aromatic N) is 1. The highest BCUT2D eigenvalue weighted by Gasteiger charge is 2.11. The van der Waals surface area contributed by atoms with Crippen molar-refractivity contribution in [3.63, 3.8) is 0 Å². The molecule has 0 amide bonds. The van der Waals surface area contributed by atoms with E-state index in [1.165, 1.54) is 37.9 Å². The molecule has 2 rings (SSSR count). The van der Waals surface area contributed by atoms with Crippen molar-refractivity contribution in [1.29, 1.82) is 0 Å². The Kier molecular flexibility index (Phi) is 5.96. The van der Waals surface area contributed by atoms with E-state index in [2.05, 4.69) is 17.1 Å². The van der Waals surface area contributed by atoms with Gasteiger partial charge in [0.25, 0.3) is 0 Å². The van der Waals surface area contributed by atoms with Gasteiger partial charge < -0.3 is 10.2 Å². The third kappa shape index (κ3) is 4.64. The minimum Gasteiger partial charge on any atom is -0.309 e. The van der Waals surface area contributed by atoms with Gasteiger partial charge >= 0.3 is 0 Å². The summed E-state index contributed by atoms with van der Waals surface area (Å²) >= 11 is 12.0. The lowest BCUT2D eigenvalue weighted by molar-refractivity contribution is 0.227. The Morgan fingerprint density at radius 2 is 1.89 bits per heavy atom. The van der Waals surface area contributed by atoms with Crippen molar-refractivity contribution in [2.75, 3.05) is 26.2 Å². The summed E-state index contributed by atoms with van der Waals surface area (Å²) in [5.74, 6) is 0. The third-order valence-electron chi connectivity index (χ3n) is 3.77. The van der Waals surface area contributed by atoms with Crippen molar-refractivity contribution in [2.45, 2.75) is 32.2 Å². The van der Waals surface area contributed by atoms with Gasteiger partial charge in [0.05, 0.1) is 10.0 Å². The van der Waals surface area contributed by atoms with Gasteiger partial charge in [0.15, 0.2) is 0 Å². The maximum atomic E-state index is 6.05. The van der Waals surface area contributed by atoms with Crippen LogP contribution in [0.5, 0.6) is 0 Å². The SMILES string of the molecule is CC(NCCN1CCCCC1)c1ccc(Cl)c(Cl)c1. The van der Waals surface area contributed by atoms with Crippen molar-refractivity contribution in [1.82, 2.24) is 10.2 Å². The summed E-state index contributed by atoms with van der Waals surface area (Å²) in [4.78, 5) is 2.54. The van der Waals surface area contributed by atoms with Gasteiger partial charge in [-0.25, -0.2) is 0 Å². The summed E-state index contributed by atoms with van der Waals surface area (Å²) < 4.78 is 0. The maximum Gasteiger partial charge on any atom is 0.0595 e. The summed E-state index contributed by atoms with van der Waals surface area (Å²) in [6.45, 7) is 6.81. The lowest BCUT2D eigenvalue weighted by atomic mass is 10.1. The number of hydrogen-bond acceptors (Lipinski definition) is 2. The van der Waals surface area contributed by atoms with Gasteiger partial charge in [0.1, 0.15) is 0 Å². The average molecular weight is 301 g/mol. The standard InChI is InChI=1S/C15H22Cl2N2/c1-12(13-5-6-14(16)15(17)11-13)18-7-10-19-8-3-2-4-9-19/h5-6,11-12,18H,2-4,7-10H2,1H3. The quantitative estimate of drug-likeness (QED) is 0.879. The first-order valence-electron chi connectivity index (χ1n) is 7.07. The molecule has 0 aromatic heterocycles. The predicted molar refractivity (Wildman–Crippen MR) is 83.2 cm³/mol. The molecule has 0 bridgehead atoms. The van der Waals surface area contributed by atoms with E-state index in [9.17, 15) is 0 Å². The molecule has 0 aliphatic carbocycles. The molecule has 1 atom stereocenters. The van der Waals surface area contributed by atoms with Crippen LogP contribution in [0.25, 0.3) is 0 Å². The molecule has 1 unspecified atom stereocenters. The van der Waals surface area contributed by atoms with Crippen LogP contribution in [0.3, 0.4) is 0 Å². The zero-order valence-corrected chi connectivity index (χ0v) is 13.0. The van der Waals surface area contributed by atoms with Crippen LogP contribution in [0.4, 0.5) is 0 Å². The summed E-state index contributed by atoms with van der Waals surface area (Å²) in [6, 6.07) is 6.15. The van der Waals surface area contributed by atoms with Crippen molar-refractivity contribution >= 4 is 23.2 Å². The Bertz CT molecular complexity index is 403. The van der Waals surface area contributed by atoms with Gasteiger partial charge in [-0.2, -0.15) is 0 Å². The minimum atomic E-state index is 0.305. The number of piperidine rings is 1. The van der Waals surface area contributed by atoms with Crippen molar-refractivity contribution in [3.05, 3.63) is 33.8 Å². The Labute approximate surface area is 126 Å². The van der Waals surface area contributed by atoms with Gasteiger partial charge in [-0.15, -0.1) is 0 Å². The molecule has 1 aliphatic heterocycles. The first-order valence-corrected chi connectivity index (χ1v) is 7.83. The molecule has 19 heavy (non-hydrogen) atoms. The second kappa shape index (κ2) is 7.49. The zero-order chi connectivity index (χ0) is 13.7. The lowest BCUT2D eigenvalue weighted by Gasteiger charge is -2.27. The molecule has 1 fully saturated rings. The fourth-order valence-corrected chi connectivity index (χ4v) is 2.83. The summed E-state index contributed by atoms with van der Waals surface area (Å²) in [5, 5.41) is 4.79. The fourth-order valence-electron chi connectivity index (χ4n) is 2.52. The Morgan fingerprint density at radius 1 is 1.16 bits per heavy atom. The fraction of sp³-hybridized carbons (Fsp3) is 0.600. The normalized spacial score (nSPS) is 18.5. The number of nitrogens with one attached hydrogen (secondary N) is 1. The van der Waals surface area contributed by atoms with E-state index in [0.717, 1.165) is 13.1 Å². The van der Waals surface area contributed by atoms with E-state index in [4.69, 9.17) is 23.2 Å². The van der Waals surface area contributed by atoms with Crippen LogP contribution in [0, 0.1) is 0 Å². The van der Waals surface area contributed by atoms with E-state index < -0.39 is 0 Å². The molecule has 4 heteroatoms. The highest BCUT2D eigenvalue weighted by Crippen LogP contribution is 2.25. The summed E-state index contributed by atoms with van der Waals surface area (Å²) in [6.07, 6.45) is 4.09.